The van der Waals surface area contributed by atoms with E-state index in [2.05, 4.69) is 0 Å². The van der Waals surface area contributed by atoms with Crippen molar-refractivity contribution in [2.75, 3.05) is 0 Å². The zero-order chi connectivity index (χ0) is 17.0. The predicted octanol–water partition coefficient (Wildman–Crippen LogP) is 2.21. The molecule has 0 aromatic heterocycles. The first-order chi connectivity index (χ1) is 10.0. The number of carbonyl (C=O) groups excluding carboxylic acids is 2. The molecule has 0 aromatic carbocycles. The van der Waals surface area contributed by atoms with Crippen molar-refractivity contribution in [2.45, 2.75) is 50.1 Å². The van der Waals surface area contributed by atoms with Gasteiger partial charge in [-0.1, -0.05) is 18.6 Å². The minimum absolute atomic E-state index is 0.0228. The summed E-state index contributed by atoms with van der Waals surface area (Å²) in [7, 11) is 0. The first-order valence-electron chi connectivity index (χ1n) is 6.44. The van der Waals surface area contributed by atoms with Crippen molar-refractivity contribution < 1.29 is 35.9 Å². The molecule has 0 unspecified atom stereocenters. The lowest BCUT2D eigenvalue weighted by Crippen LogP contribution is -2.55. The summed E-state index contributed by atoms with van der Waals surface area (Å²) in [5.74, 6) is -4.52. The summed E-state index contributed by atoms with van der Waals surface area (Å²) in [4.78, 5) is 21.9. The van der Waals surface area contributed by atoms with Crippen molar-refractivity contribution in [3.8, 4) is 0 Å². The molecule has 0 bridgehead atoms. The Morgan fingerprint density at radius 1 is 0.909 bits per heavy atom. The zero-order valence-corrected chi connectivity index (χ0v) is 11.2. The van der Waals surface area contributed by atoms with E-state index in [1.54, 1.807) is 10.6 Å². The fourth-order valence-corrected chi connectivity index (χ4v) is 1.98. The van der Waals surface area contributed by atoms with Crippen molar-refractivity contribution in [3.63, 3.8) is 0 Å². The van der Waals surface area contributed by atoms with Gasteiger partial charge in [-0.05, 0) is 19.3 Å². The van der Waals surface area contributed by atoms with Gasteiger partial charge in [0.1, 0.15) is 0 Å². The Morgan fingerprint density at radius 3 is 2.00 bits per heavy atom. The van der Waals surface area contributed by atoms with Crippen LogP contribution < -0.4 is 10.6 Å². The topological polar surface area (TPSA) is 58.2 Å². The lowest BCUT2D eigenvalue weighted by atomic mass is 9.96. The summed E-state index contributed by atoms with van der Waals surface area (Å²) in [5.41, 5.74) is 0. The van der Waals surface area contributed by atoms with Crippen LogP contribution in [-0.2, 0) is 9.59 Å². The Kier molecular flexibility index (Phi) is 5.84. The van der Waals surface area contributed by atoms with Crippen LogP contribution in [0.5, 0.6) is 0 Å². The van der Waals surface area contributed by atoms with E-state index in [0.29, 0.717) is 19.3 Å². The van der Waals surface area contributed by atoms with Gasteiger partial charge in [-0.25, -0.2) is 0 Å². The Bertz CT molecular complexity index is 444. The Balaban J connectivity index is 2.87. The molecule has 0 saturated carbocycles. The molecule has 4 nitrogen and oxygen atoms in total. The molecule has 0 fully saturated rings. The molecule has 126 valence electrons. The second-order valence-electron chi connectivity index (χ2n) is 4.79. The van der Waals surface area contributed by atoms with E-state index in [1.165, 1.54) is 12.2 Å². The van der Waals surface area contributed by atoms with Crippen LogP contribution in [-0.4, -0.2) is 36.3 Å². The lowest BCUT2D eigenvalue weighted by Gasteiger charge is -2.28. The van der Waals surface area contributed by atoms with Gasteiger partial charge in [0, 0.05) is 0 Å². The summed E-state index contributed by atoms with van der Waals surface area (Å²) >= 11 is 0. The zero-order valence-electron chi connectivity index (χ0n) is 11.2. The fourth-order valence-electron chi connectivity index (χ4n) is 1.98. The van der Waals surface area contributed by atoms with E-state index >= 15 is 0 Å². The lowest BCUT2D eigenvalue weighted by molar-refractivity contribution is -0.176. The van der Waals surface area contributed by atoms with E-state index in [-0.39, 0.29) is 6.42 Å². The summed E-state index contributed by atoms with van der Waals surface area (Å²) in [5, 5.41) is 3.24. The number of nitrogens with one attached hydrogen (secondary N) is 2. The SMILES string of the molecule is O=C(N[C@@H]1C=CCCCC[C@H]1NC(=O)C(F)(F)F)C(F)(F)F. The summed E-state index contributed by atoms with van der Waals surface area (Å²) in [6.45, 7) is 0. The van der Waals surface area contributed by atoms with Gasteiger partial charge in [0.05, 0.1) is 12.1 Å². The van der Waals surface area contributed by atoms with Gasteiger partial charge in [-0.3, -0.25) is 9.59 Å². The van der Waals surface area contributed by atoms with E-state index in [0.717, 1.165) is 0 Å². The van der Waals surface area contributed by atoms with Crippen LogP contribution >= 0.6 is 0 Å². The van der Waals surface area contributed by atoms with Crippen LogP contribution in [0.15, 0.2) is 12.2 Å². The number of carbonyl (C=O) groups is 2. The highest BCUT2D eigenvalue weighted by Crippen LogP contribution is 2.20. The van der Waals surface area contributed by atoms with E-state index in [4.69, 9.17) is 0 Å². The first kappa shape index (κ1) is 18.3. The van der Waals surface area contributed by atoms with E-state index in [1.807, 2.05) is 0 Å². The van der Waals surface area contributed by atoms with Crippen molar-refractivity contribution in [1.29, 1.82) is 0 Å². The molecule has 2 atom stereocenters. The first-order valence-corrected chi connectivity index (χ1v) is 6.44. The average Bonchev–Trinajstić information content (AvgIpc) is 2.34. The molecule has 0 aromatic rings. The Morgan fingerprint density at radius 2 is 1.45 bits per heavy atom. The maximum atomic E-state index is 12.3. The van der Waals surface area contributed by atoms with Gasteiger partial charge in [0.25, 0.3) is 0 Å². The normalized spacial score (nSPS) is 23.4. The van der Waals surface area contributed by atoms with Crippen LogP contribution in [0.4, 0.5) is 26.3 Å². The molecule has 0 spiro atoms. The van der Waals surface area contributed by atoms with Crippen LogP contribution in [0, 0.1) is 0 Å². The fraction of sp³-hybridized carbons (Fsp3) is 0.667. The number of hydrogen-bond acceptors (Lipinski definition) is 2. The Hall–Kier alpha value is -1.74. The van der Waals surface area contributed by atoms with Crippen molar-refractivity contribution >= 4 is 11.8 Å². The van der Waals surface area contributed by atoms with Crippen LogP contribution in [0.3, 0.4) is 0 Å². The Labute approximate surface area is 121 Å². The summed E-state index contributed by atoms with van der Waals surface area (Å²) < 4.78 is 73.6. The average molecular weight is 332 g/mol. The minimum atomic E-state index is -5.16. The summed E-state index contributed by atoms with van der Waals surface area (Å²) in [6, 6.07) is -2.63. The number of rotatable bonds is 2. The monoisotopic (exact) mass is 332 g/mol. The molecule has 1 aliphatic rings. The molecule has 0 radical (unpaired) electrons. The van der Waals surface area contributed by atoms with Gasteiger partial charge in [-0.15, -0.1) is 0 Å². The quantitative estimate of drug-likeness (QED) is 0.602. The highest BCUT2D eigenvalue weighted by molar-refractivity contribution is 5.83. The molecule has 10 heteroatoms. The molecule has 2 amide bonds. The molecule has 1 aliphatic carbocycles. The smallest absolute Gasteiger partial charge is 0.343 e. The van der Waals surface area contributed by atoms with Crippen molar-refractivity contribution in [1.82, 2.24) is 10.6 Å². The van der Waals surface area contributed by atoms with E-state index < -0.39 is 36.3 Å². The maximum Gasteiger partial charge on any atom is 0.471 e. The molecule has 0 saturated heterocycles. The number of halogens is 6. The highest BCUT2D eigenvalue weighted by Gasteiger charge is 2.43. The minimum Gasteiger partial charge on any atom is -0.343 e. The summed E-state index contributed by atoms with van der Waals surface area (Å²) in [6.07, 6.45) is -6.09. The number of amides is 2. The predicted molar refractivity (Wildman–Crippen MR) is 63.6 cm³/mol. The van der Waals surface area contributed by atoms with Crippen molar-refractivity contribution in [3.05, 3.63) is 12.2 Å². The third kappa shape index (κ3) is 5.57. The maximum absolute atomic E-state index is 12.3. The number of alkyl halides is 6. The second-order valence-corrected chi connectivity index (χ2v) is 4.79. The van der Waals surface area contributed by atoms with Crippen LogP contribution in [0.1, 0.15) is 25.7 Å². The number of hydrogen-bond donors (Lipinski definition) is 2. The third-order valence-electron chi connectivity index (χ3n) is 3.04. The van der Waals surface area contributed by atoms with Gasteiger partial charge in [0.15, 0.2) is 0 Å². The second kappa shape index (κ2) is 7.01. The van der Waals surface area contributed by atoms with E-state index in [9.17, 15) is 35.9 Å². The molecule has 0 aliphatic heterocycles. The standard InChI is InChI=1S/C12H14F6N2O2/c13-11(14,15)9(21)19-7-5-3-1-2-4-6-8(7)20-10(22)12(16,17)18/h3,5,7-8H,1-2,4,6H2,(H,19,21)(H,20,22)/t7-,8-/m1/s1. The van der Waals surface area contributed by atoms with Crippen LogP contribution in [0.25, 0.3) is 0 Å². The van der Waals surface area contributed by atoms with Gasteiger partial charge >= 0.3 is 24.2 Å². The number of allylic oxidation sites excluding steroid dienone is 1. The third-order valence-corrected chi connectivity index (χ3v) is 3.04. The molecule has 0 heterocycles. The van der Waals surface area contributed by atoms with Gasteiger partial charge in [-0.2, -0.15) is 26.3 Å². The molecule has 22 heavy (non-hydrogen) atoms. The van der Waals surface area contributed by atoms with Gasteiger partial charge in [0.2, 0.25) is 0 Å². The molecule has 1 rings (SSSR count). The molecular formula is C12H14F6N2O2. The van der Waals surface area contributed by atoms with Crippen LogP contribution in [0.2, 0.25) is 0 Å². The molecular weight excluding hydrogens is 318 g/mol. The largest absolute Gasteiger partial charge is 0.471 e. The van der Waals surface area contributed by atoms with Crippen molar-refractivity contribution in [2.24, 2.45) is 0 Å². The van der Waals surface area contributed by atoms with Gasteiger partial charge < -0.3 is 10.6 Å². The molecule has 2 N–H and O–H groups in total. The highest BCUT2D eigenvalue weighted by atomic mass is 19.4.